The minimum atomic E-state index is -0.157. The summed E-state index contributed by atoms with van der Waals surface area (Å²) in [5.41, 5.74) is 4.24. The van der Waals surface area contributed by atoms with Crippen LogP contribution >= 0.6 is 0 Å². The summed E-state index contributed by atoms with van der Waals surface area (Å²) >= 11 is 0. The number of nitrogens with zero attached hydrogens (tertiary/aromatic N) is 1. The van der Waals surface area contributed by atoms with Gasteiger partial charge in [0.15, 0.2) is 11.5 Å². The van der Waals surface area contributed by atoms with Crippen molar-refractivity contribution in [3.8, 4) is 17.2 Å². The first-order valence-corrected chi connectivity index (χ1v) is 11.8. The van der Waals surface area contributed by atoms with Crippen molar-refractivity contribution in [2.75, 3.05) is 26.6 Å². The molecular weight excluding hydrogens is 430 g/mol. The van der Waals surface area contributed by atoms with Crippen molar-refractivity contribution < 1.29 is 23.7 Å². The van der Waals surface area contributed by atoms with E-state index in [9.17, 15) is 4.79 Å². The van der Waals surface area contributed by atoms with E-state index in [4.69, 9.17) is 18.9 Å². The van der Waals surface area contributed by atoms with E-state index in [1.165, 1.54) is 0 Å². The van der Waals surface area contributed by atoms with Gasteiger partial charge in [-0.2, -0.15) is 0 Å². The molecule has 2 aliphatic heterocycles. The van der Waals surface area contributed by atoms with E-state index in [-0.39, 0.29) is 18.8 Å². The highest BCUT2D eigenvalue weighted by molar-refractivity contribution is 5.76. The van der Waals surface area contributed by atoms with E-state index in [1.807, 2.05) is 54.3 Å². The van der Waals surface area contributed by atoms with Crippen LogP contribution in [0.15, 0.2) is 66.7 Å². The molecular formula is C28H29NO5. The van der Waals surface area contributed by atoms with Gasteiger partial charge in [-0.3, -0.25) is 4.79 Å². The van der Waals surface area contributed by atoms with Gasteiger partial charge in [0.2, 0.25) is 12.7 Å². The summed E-state index contributed by atoms with van der Waals surface area (Å²) in [6.45, 7) is 4.44. The Bertz CT molecular complexity index is 1150. The van der Waals surface area contributed by atoms with E-state index in [0.717, 1.165) is 39.5 Å². The van der Waals surface area contributed by atoms with Gasteiger partial charge in [0.05, 0.1) is 6.54 Å². The fourth-order valence-corrected chi connectivity index (χ4v) is 4.48. The molecule has 6 heteroatoms. The largest absolute Gasteiger partial charge is 0.491 e. The lowest BCUT2D eigenvalue weighted by Crippen LogP contribution is -2.32. The topological polar surface area (TPSA) is 57.2 Å². The number of carbonyl (C=O) groups is 1. The van der Waals surface area contributed by atoms with Crippen LogP contribution in [0, 0.1) is 0 Å². The smallest absolute Gasteiger partial charge is 0.231 e. The Hall–Kier alpha value is -3.51. The predicted molar refractivity (Wildman–Crippen MR) is 128 cm³/mol. The SMILES string of the molecule is CCOC(c1ccccc1)c1ccc2c(c1)CN(C(=O)CCc1ccc3c(c1)OCO3)CCO2. The van der Waals surface area contributed by atoms with E-state index < -0.39 is 0 Å². The molecule has 6 nitrogen and oxygen atoms in total. The van der Waals surface area contributed by atoms with Crippen LogP contribution in [0.4, 0.5) is 0 Å². The van der Waals surface area contributed by atoms with Crippen LogP contribution in [0.5, 0.6) is 17.2 Å². The molecule has 1 atom stereocenters. The second kappa shape index (κ2) is 10.2. The maximum atomic E-state index is 13.1. The van der Waals surface area contributed by atoms with Crippen molar-refractivity contribution in [3.63, 3.8) is 0 Å². The van der Waals surface area contributed by atoms with Gasteiger partial charge in [0.1, 0.15) is 18.5 Å². The number of hydrogen-bond donors (Lipinski definition) is 0. The van der Waals surface area contributed by atoms with Crippen LogP contribution < -0.4 is 14.2 Å². The van der Waals surface area contributed by atoms with Crippen LogP contribution in [-0.2, 0) is 22.5 Å². The molecule has 176 valence electrons. The Morgan fingerprint density at radius 3 is 2.62 bits per heavy atom. The second-order valence-corrected chi connectivity index (χ2v) is 8.46. The second-order valence-electron chi connectivity index (χ2n) is 8.46. The average Bonchev–Trinajstić information content (AvgIpc) is 3.24. The molecule has 0 fully saturated rings. The molecule has 34 heavy (non-hydrogen) atoms. The number of fused-ring (bicyclic) bond motifs is 2. The highest BCUT2D eigenvalue weighted by Gasteiger charge is 2.23. The van der Waals surface area contributed by atoms with Gasteiger partial charge in [-0.15, -0.1) is 0 Å². The molecule has 3 aromatic rings. The zero-order valence-electron chi connectivity index (χ0n) is 19.4. The third-order valence-electron chi connectivity index (χ3n) is 6.22. The van der Waals surface area contributed by atoms with Crippen molar-refractivity contribution in [1.29, 1.82) is 0 Å². The minimum absolute atomic E-state index is 0.115. The molecule has 1 unspecified atom stereocenters. The first kappa shape index (κ1) is 22.3. The fourth-order valence-electron chi connectivity index (χ4n) is 4.48. The molecule has 0 bridgehead atoms. The Balaban J connectivity index is 1.30. The summed E-state index contributed by atoms with van der Waals surface area (Å²) in [4.78, 5) is 15.0. The van der Waals surface area contributed by atoms with Gasteiger partial charge < -0.3 is 23.8 Å². The van der Waals surface area contributed by atoms with Crippen molar-refractivity contribution in [2.45, 2.75) is 32.4 Å². The molecule has 0 spiro atoms. The summed E-state index contributed by atoms with van der Waals surface area (Å²) in [6.07, 6.45) is 0.926. The summed E-state index contributed by atoms with van der Waals surface area (Å²) in [5.74, 6) is 2.45. The third-order valence-corrected chi connectivity index (χ3v) is 6.22. The summed E-state index contributed by atoms with van der Waals surface area (Å²) in [7, 11) is 0. The number of aryl methyl sites for hydroxylation is 1. The molecule has 0 aliphatic carbocycles. The molecule has 2 aliphatic rings. The molecule has 0 N–H and O–H groups in total. The minimum Gasteiger partial charge on any atom is -0.491 e. The van der Waals surface area contributed by atoms with Crippen LogP contribution in [0.25, 0.3) is 0 Å². The summed E-state index contributed by atoms with van der Waals surface area (Å²) < 4.78 is 22.9. The monoisotopic (exact) mass is 459 g/mol. The zero-order chi connectivity index (χ0) is 23.3. The fraction of sp³-hybridized carbons (Fsp3) is 0.321. The van der Waals surface area contributed by atoms with Gasteiger partial charge in [-0.1, -0.05) is 42.5 Å². The lowest BCUT2D eigenvalue weighted by atomic mass is 9.98. The molecule has 0 saturated heterocycles. The van der Waals surface area contributed by atoms with E-state index in [2.05, 4.69) is 24.3 Å². The first-order valence-electron chi connectivity index (χ1n) is 11.8. The van der Waals surface area contributed by atoms with E-state index >= 15 is 0 Å². The summed E-state index contributed by atoms with van der Waals surface area (Å²) in [5, 5.41) is 0. The van der Waals surface area contributed by atoms with E-state index in [1.54, 1.807) is 0 Å². The van der Waals surface area contributed by atoms with Gasteiger partial charge in [0, 0.05) is 25.1 Å². The molecule has 0 aromatic heterocycles. The Kier molecular flexibility index (Phi) is 6.67. The maximum Gasteiger partial charge on any atom is 0.231 e. The Morgan fingerprint density at radius 2 is 1.76 bits per heavy atom. The van der Waals surface area contributed by atoms with Gasteiger partial charge in [-0.05, 0) is 54.3 Å². The first-order chi connectivity index (χ1) is 16.7. The average molecular weight is 460 g/mol. The number of carbonyl (C=O) groups excluding carboxylic acids is 1. The van der Waals surface area contributed by atoms with Crippen molar-refractivity contribution in [3.05, 3.63) is 89.0 Å². The third kappa shape index (κ3) is 4.87. The van der Waals surface area contributed by atoms with Crippen LogP contribution in [0.1, 0.15) is 41.7 Å². The summed E-state index contributed by atoms with van der Waals surface area (Å²) in [6, 6.07) is 22.2. The number of amides is 1. The molecule has 0 radical (unpaired) electrons. The number of benzene rings is 3. The number of rotatable bonds is 7. The molecule has 3 aromatic carbocycles. The van der Waals surface area contributed by atoms with Crippen LogP contribution in [0.3, 0.4) is 0 Å². The van der Waals surface area contributed by atoms with Gasteiger partial charge in [0.25, 0.3) is 0 Å². The molecule has 2 heterocycles. The lowest BCUT2D eigenvalue weighted by molar-refractivity contribution is -0.131. The van der Waals surface area contributed by atoms with Crippen LogP contribution in [-0.4, -0.2) is 37.4 Å². The van der Waals surface area contributed by atoms with Crippen molar-refractivity contribution in [2.24, 2.45) is 0 Å². The quantitative estimate of drug-likeness (QED) is 0.503. The lowest BCUT2D eigenvalue weighted by Gasteiger charge is -2.22. The standard InChI is InChI=1S/C28H29NO5/c1-2-31-28(21-6-4-3-5-7-21)22-10-12-24-23(17-22)18-29(14-15-32-24)27(30)13-9-20-8-11-25-26(16-20)34-19-33-25/h3-8,10-12,16-17,28H,2,9,13-15,18-19H2,1H3. The Morgan fingerprint density at radius 1 is 0.941 bits per heavy atom. The normalized spacial score (nSPS) is 15.3. The molecule has 0 saturated carbocycles. The van der Waals surface area contributed by atoms with Crippen molar-refractivity contribution >= 4 is 5.91 Å². The Labute approximate surface area is 200 Å². The van der Waals surface area contributed by atoms with Crippen LogP contribution in [0.2, 0.25) is 0 Å². The zero-order valence-corrected chi connectivity index (χ0v) is 19.4. The maximum absolute atomic E-state index is 13.1. The van der Waals surface area contributed by atoms with Gasteiger partial charge in [-0.25, -0.2) is 0 Å². The highest BCUT2D eigenvalue weighted by atomic mass is 16.7. The van der Waals surface area contributed by atoms with Gasteiger partial charge >= 0.3 is 0 Å². The number of hydrogen-bond acceptors (Lipinski definition) is 5. The predicted octanol–water partition coefficient (Wildman–Crippen LogP) is 4.90. The molecule has 5 rings (SSSR count). The number of ether oxygens (including phenoxy) is 4. The highest BCUT2D eigenvalue weighted by Crippen LogP contribution is 2.34. The van der Waals surface area contributed by atoms with E-state index in [0.29, 0.717) is 39.1 Å². The van der Waals surface area contributed by atoms with Crippen molar-refractivity contribution in [1.82, 2.24) is 4.90 Å². The molecule has 1 amide bonds.